The fraction of sp³-hybridized carbons (Fsp3) is 0.0455. The highest BCUT2D eigenvalue weighted by Gasteiger charge is 2.30. The quantitative estimate of drug-likeness (QED) is 0.386. The summed E-state index contributed by atoms with van der Waals surface area (Å²) in [6.07, 6.45) is 3.17. The second-order valence-corrected chi connectivity index (χ2v) is 6.16. The summed E-state index contributed by atoms with van der Waals surface area (Å²) < 4.78 is 24.4. The minimum atomic E-state index is -0.698. The number of ether oxygens (including phenoxy) is 2. The van der Waals surface area contributed by atoms with Crippen LogP contribution >= 0.6 is 0 Å². The van der Waals surface area contributed by atoms with Gasteiger partial charge in [-0.3, -0.25) is 9.78 Å². The normalized spacial score (nSPS) is 13.9. The van der Waals surface area contributed by atoms with Crippen molar-refractivity contribution in [3.63, 3.8) is 0 Å². The van der Waals surface area contributed by atoms with Crippen molar-refractivity contribution in [1.82, 2.24) is 4.98 Å². The van der Waals surface area contributed by atoms with Gasteiger partial charge in [0.15, 0.2) is 5.76 Å². The number of carbonyl (C=O) groups excluding carboxylic acids is 2. The van der Waals surface area contributed by atoms with Gasteiger partial charge in [-0.05, 0) is 49.4 Å². The van der Waals surface area contributed by atoms with E-state index in [0.29, 0.717) is 22.6 Å². The van der Waals surface area contributed by atoms with E-state index in [2.05, 4.69) is 4.98 Å². The molecule has 3 aromatic rings. The molecule has 0 N–H and O–H groups in total. The van der Waals surface area contributed by atoms with Crippen LogP contribution in [0.4, 0.5) is 4.39 Å². The van der Waals surface area contributed by atoms with Crippen LogP contribution in [0.2, 0.25) is 0 Å². The Hall–Kier alpha value is -3.80. The Morgan fingerprint density at radius 2 is 2.00 bits per heavy atom. The molecule has 1 aliphatic heterocycles. The Morgan fingerprint density at radius 1 is 1.14 bits per heavy atom. The molecule has 4 rings (SSSR count). The number of Topliss-reactive ketones (excluding diaryl/α,β-unsaturated/α-hetero) is 1. The van der Waals surface area contributed by atoms with Crippen LogP contribution in [0.1, 0.15) is 32.0 Å². The lowest BCUT2D eigenvalue weighted by molar-refractivity contribution is 0.0732. The number of allylic oxidation sites excluding steroid dienone is 1. The van der Waals surface area contributed by atoms with Gasteiger partial charge >= 0.3 is 5.97 Å². The van der Waals surface area contributed by atoms with Gasteiger partial charge in [-0.1, -0.05) is 12.1 Å². The molecule has 0 bridgehead atoms. The van der Waals surface area contributed by atoms with Gasteiger partial charge in [0.2, 0.25) is 5.78 Å². The van der Waals surface area contributed by atoms with Crippen molar-refractivity contribution in [1.29, 1.82) is 0 Å². The first-order valence-corrected chi connectivity index (χ1v) is 8.49. The van der Waals surface area contributed by atoms with Crippen LogP contribution in [0.15, 0.2) is 66.6 Å². The van der Waals surface area contributed by atoms with Crippen molar-refractivity contribution in [2.24, 2.45) is 0 Å². The predicted molar refractivity (Wildman–Crippen MR) is 99.7 cm³/mol. The van der Waals surface area contributed by atoms with Crippen LogP contribution in [-0.2, 0) is 0 Å². The first-order valence-electron chi connectivity index (χ1n) is 8.49. The van der Waals surface area contributed by atoms with Crippen molar-refractivity contribution >= 4 is 17.8 Å². The van der Waals surface area contributed by atoms with Gasteiger partial charge in [-0.25, -0.2) is 9.18 Å². The highest BCUT2D eigenvalue weighted by atomic mass is 19.1. The standard InChI is InChI=1S/C22H14FNO4/c1-13-18(28-22(26)14-5-4-6-15(23)11-14)9-8-17-20(25)19(27-21(13)17)12-16-7-2-3-10-24-16/h2-12H,1H3/b19-12-. The molecule has 0 unspecified atom stereocenters. The van der Waals surface area contributed by atoms with Gasteiger partial charge in [0.05, 0.1) is 16.8 Å². The van der Waals surface area contributed by atoms with Crippen molar-refractivity contribution in [2.75, 3.05) is 0 Å². The maximum Gasteiger partial charge on any atom is 0.343 e. The number of pyridine rings is 1. The zero-order valence-corrected chi connectivity index (χ0v) is 14.8. The molecule has 0 saturated carbocycles. The topological polar surface area (TPSA) is 65.5 Å². The van der Waals surface area contributed by atoms with Crippen LogP contribution in [0.25, 0.3) is 6.08 Å². The van der Waals surface area contributed by atoms with Gasteiger partial charge in [-0.2, -0.15) is 0 Å². The summed E-state index contributed by atoms with van der Waals surface area (Å²) in [4.78, 5) is 29.0. The van der Waals surface area contributed by atoms with Gasteiger partial charge in [0, 0.05) is 17.8 Å². The molecule has 0 amide bonds. The number of fused-ring (bicyclic) bond motifs is 1. The average molecular weight is 375 g/mol. The molecule has 138 valence electrons. The zero-order chi connectivity index (χ0) is 19.7. The molecule has 1 aromatic heterocycles. The third kappa shape index (κ3) is 3.27. The fourth-order valence-corrected chi connectivity index (χ4v) is 2.85. The Labute approximate surface area is 160 Å². The largest absolute Gasteiger partial charge is 0.452 e. The van der Waals surface area contributed by atoms with Gasteiger partial charge in [0.1, 0.15) is 17.3 Å². The summed E-state index contributed by atoms with van der Waals surface area (Å²) in [6, 6.07) is 13.6. The smallest absolute Gasteiger partial charge is 0.343 e. The van der Waals surface area contributed by atoms with E-state index >= 15 is 0 Å². The highest BCUT2D eigenvalue weighted by molar-refractivity contribution is 6.14. The summed E-state index contributed by atoms with van der Waals surface area (Å²) >= 11 is 0. The first kappa shape index (κ1) is 17.6. The van der Waals surface area contributed by atoms with Crippen molar-refractivity contribution in [3.8, 4) is 11.5 Å². The lowest BCUT2D eigenvalue weighted by Crippen LogP contribution is -2.09. The number of hydrogen-bond acceptors (Lipinski definition) is 5. The molecule has 0 spiro atoms. The molecule has 0 atom stereocenters. The Balaban J connectivity index is 1.62. The number of benzene rings is 2. The Bertz CT molecular complexity index is 1120. The van der Waals surface area contributed by atoms with E-state index in [9.17, 15) is 14.0 Å². The van der Waals surface area contributed by atoms with Crippen LogP contribution < -0.4 is 9.47 Å². The Morgan fingerprint density at radius 3 is 2.75 bits per heavy atom. The van der Waals surface area contributed by atoms with Crippen LogP contribution in [0.3, 0.4) is 0 Å². The minimum Gasteiger partial charge on any atom is -0.452 e. The van der Waals surface area contributed by atoms with E-state index in [-0.39, 0.29) is 22.9 Å². The third-order valence-corrected chi connectivity index (χ3v) is 4.27. The molecule has 1 aliphatic rings. The first-order chi connectivity index (χ1) is 13.5. The van der Waals surface area contributed by atoms with E-state index in [0.717, 1.165) is 6.07 Å². The number of carbonyl (C=O) groups is 2. The average Bonchev–Trinajstić information content (AvgIpc) is 3.01. The maximum absolute atomic E-state index is 13.3. The van der Waals surface area contributed by atoms with Crippen molar-refractivity contribution in [3.05, 3.63) is 94.8 Å². The number of hydrogen-bond donors (Lipinski definition) is 0. The summed E-state index contributed by atoms with van der Waals surface area (Å²) in [6.45, 7) is 1.68. The summed E-state index contributed by atoms with van der Waals surface area (Å²) in [5, 5.41) is 0. The van der Waals surface area contributed by atoms with E-state index in [1.165, 1.54) is 30.3 Å². The van der Waals surface area contributed by atoms with Gasteiger partial charge in [-0.15, -0.1) is 0 Å². The number of ketones is 1. The molecule has 0 aliphatic carbocycles. The number of esters is 1. The maximum atomic E-state index is 13.3. The molecular weight excluding hydrogens is 361 g/mol. The van der Waals surface area contributed by atoms with Crippen LogP contribution in [0, 0.1) is 12.7 Å². The van der Waals surface area contributed by atoms with Gasteiger partial charge < -0.3 is 9.47 Å². The van der Waals surface area contributed by atoms with Crippen molar-refractivity contribution in [2.45, 2.75) is 6.92 Å². The number of rotatable bonds is 3. The molecule has 28 heavy (non-hydrogen) atoms. The van der Waals surface area contributed by atoms with Crippen LogP contribution in [-0.4, -0.2) is 16.7 Å². The minimum absolute atomic E-state index is 0.0904. The molecule has 5 nitrogen and oxygen atoms in total. The predicted octanol–water partition coefficient (Wildman–Crippen LogP) is 4.36. The third-order valence-electron chi connectivity index (χ3n) is 4.27. The van der Waals surface area contributed by atoms with Crippen LogP contribution in [0.5, 0.6) is 11.5 Å². The molecule has 0 saturated heterocycles. The number of nitrogens with zero attached hydrogens (tertiary/aromatic N) is 1. The fourth-order valence-electron chi connectivity index (χ4n) is 2.85. The summed E-state index contributed by atoms with van der Waals surface area (Å²) in [7, 11) is 0. The van der Waals surface area contributed by atoms with E-state index < -0.39 is 11.8 Å². The number of aromatic nitrogens is 1. The lowest BCUT2D eigenvalue weighted by Gasteiger charge is -2.10. The second kappa shape index (κ2) is 7.08. The monoisotopic (exact) mass is 375 g/mol. The SMILES string of the molecule is Cc1c(OC(=O)c2cccc(F)c2)ccc2c1O/C(=C\c1ccccn1)C2=O. The zero-order valence-electron chi connectivity index (χ0n) is 14.8. The number of halogens is 1. The van der Waals surface area contributed by atoms with E-state index in [1.54, 1.807) is 37.4 Å². The van der Waals surface area contributed by atoms with Crippen molar-refractivity contribution < 1.29 is 23.5 Å². The van der Waals surface area contributed by atoms with Gasteiger partial charge in [0.25, 0.3) is 0 Å². The van der Waals surface area contributed by atoms with E-state index in [1.807, 2.05) is 0 Å². The second-order valence-electron chi connectivity index (χ2n) is 6.16. The summed E-state index contributed by atoms with van der Waals surface area (Å²) in [5.41, 5.74) is 1.56. The molecule has 2 heterocycles. The molecule has 2 aromatic carbocycles. The molecule has 0 fully saturated rings. The Kier molecular flexibility index (Phi) is 4.45. The molecule has 0 radical (unpaired) electrons. The lowest BCUT2D eigenvalue weighted by atomic mass is 10.1. The van der Waals surface area contributed by atoms with E-state index in [4.69, 9.17) is 9.47 Å². The highest BCUT2D eigenvalue weighted by Crippen LogP contribution is 2.39. The molecule has 6 heteroatoms. The summed E-state index contributed by atoms with van der Waals surface area (Å²) in [5.74, 6) is -0.789. The molecular formula is C22H14FNO4.